The average Bonchev–Trinajstić information content (AvgIpc) is 3.75. The van der Waals surface area contributed by atoms with Gasteiger partial charge in [0.15, 0.2) is 0 Å². The van der Waals surface area contributed by atoms with E-state index in [-0.39, 0.29) is 11.9 Å². The van der Waals surface area contributed by atoms with Crippen LogP contribution >= 0.6 is 22.7 Å². The predicted octanol–water partition coefficient (Wildman–Crippen LogP) is 11.3. The van der Waals surface area contributed by atoms with Crippen LogP contribution in [0.3, 0.4) is 0 Å². The molecular formula is C40H26O4S2. The molecule has 222 valence electrons. The quantitative estimate of drug-likeness (QED) is 0.107. The van der Waals surface area contributed by atoms with E-state index in [0.29, 0.717) is 11.5 Å². The van der Waals surface area contributed by atoms with Gasteiger partial charge < -0.3 is 9.47 Å². The monoisotopic (exact) mass is 634 g/mol. The SMILES string of the molecule is CC(=O)Oc1c(-c2csc(-c3cc(-c4c(OC(C)=O)c5ccccc5c5ccccc45)cs3)c2)c2ccccc2c2ccccc12. The summed E-state index contributed by atoms with van der Waals surface area (Å²) < 4.78 is 11.9. The number of esters is 2. The second-order valence-electron chi connectivity index (χ2n) is 11.2. The fourth-order valence-corrected chi connectivity index (χ4v) is 8.39. The molecule has 0 aliphatic carbocycles. The number of thiophene rings is 2. The van der Waals surface area contributed by atoms with Crippen LogP contribution in [-0.2, 0) is 9.59 Å². The minimum absolute atomic E-state index is 0.355. The standard InChI is InChI=1S/C40H26O4S2/c1-23(41)43-39-33-17-9-5-13-29(33)27-11-3-7-15-31(27)37(39)25-19-35(45-21-25)36-20-26(22-46-36)38-32-16-8-4-12-28(32)30-14-6-10-18-34(30)40(38)44-24(2)42/h3-22H,1-2H3. The van der Waals surface area contributed by atoms with Gasteiger partial charge in [0, 0.05) is 45.5 Å². The van der Waals surface area contributed by atoms with Crippen LogP contribution in [0.15, 0.2) is 120 Å². The molecule has 0 aliphatic rings. The molecule has 46 heavy (non-hydrogen) atoms. The van der Waals surface area contributed by atoms with Crippen LogP contribution in [0.4, 0.5) is 0 Å². The van der Waals surface area contributed by atoms with Gasteiger partial charge in [-0.25, -0.2) is 0 Å². The number of carbonyl (C=O) groups is 2. The van der Waals surface area contributed by atoms with Gasteiger partial charge in [0.2, 0.25) is 0 Å². The molecule has 0 N–H and O–H groups in total. The summed E-state index contributed by atoms with van der Waals surface area (Å²) in [6, 6.07) is 37.0. The summed E-state index contributed by atoms with van der Waals surface area (Å²) in [5, 5.41) is 12.4. The van der Waals surface area contributed by atoms with Crippen LogP contribution in [0, 0.1) is 0 Å². The van der Waals surface area contributed by atoms with Crippen molar-refractivity contribution in [2.75, 3.05) is 0 Å². The number of ether oxygens (including phenoxy) is 2. The van der Waals surface area contributed by atoms with E-state index in [4.69, 9.17) is 9.47 Å². The normalized spacial score (nSPS) is 11.4. The maximum Gasteiger partial charge on any atom is 0.308 e. The van der Waals surface area contributed by atoms with Gasteiger partial charge in [-0.3, -0.25) is 9.59 Å². The highest BCUT2D eigenvalue weighted by molar-refractivity contribution is 7.20. The van der Waals surface area contributed by atoms with Crippen molar-refractivity contribution in [1.29, 1.82) is 0 Å². The summed E-state index contributed by atoms with van der Waals surface area (Å²) in [6.07, 6.45) is 0. The molecule has 0 bridgehead atoms. The van der Waals surface area contributed by atoms with E-state index in [2.05, 4.69) is 59.3 Å². The molecule has 0 fully saturated rings. The van der Waals surface area contributed by atoms with Crippen molar-refractivity contribution in [2.45, 2.75) is 13.8 Å². The molecule has 2 heterocycles. The highest BCUT2D eigenvalue weighted by Crippen LogP contribution is 2.49. The Morgan fingerprint density at radius 2 is 0.761 bits per heavy atom. The van der Waals surface area contributed by atoms with Gasteiger partial charge >= 0.3 is 11.9 Å². The zero-order chi connectivity index (χ0) is 31.4. The van der Waals surface area contributed by atoms with Gasteiger partial charge in [-0.2, -0.15) is 0 Å². The summed E-state index contributed by atoms with van der Waals surface area (Å²) in [5.74, 6) is 0.441. The molecule has 6 heteroatoms. The van der Waals surface area contributed by atoms with Crippen molar-refractivity contribution in [3.05, 3.63) is 120 Å². The number of benzene rings is 6. The van der Waals surface area contributed by atoms with Crippen molar-refractivity contribution in [3.8, 4) is 43.5 Å². The van der Waals surface area contributed by atoms with Crippen LogP contribution < -0.4 is 9.47 Å². The molecule has 0 saturated carbocycles. The fourth-order valence-electron chi connectivity index (χ4n) is 6.48. The molecular weight excluding hydrogens is 609 g/mol. The minimum atomic E-state index is -0.355. The van der Waals surface area contributed by atoms with Gasteiger partial charge in [0.05, 0.1) is 0 Å². The highest BCUT2D eigenvalue weighted by Gasteiger charge is 2.22. The number of carbonyl (C=O) groups excluding carboxylic acids is 2. The van der Waals surface area contributed by atoms with Gasteiger partial charge in [-0.05, 0) is 66.3 Å². The third kappa shape index (κ3) is 4.66. The van der Waals surface area contributed by atoms with Gasteiger partial charge in [-0.1, -0.05) is 97.1 Å². The first-order chi connectivity index (χ1) is 22.5. The molecule has 6 aromatic carbocycles. The number of hydrogen-bond donors (Lipinski definition) is 0. The van der Waals surface area contributed by atoms with E-state index in [1.165, 1.54) is 13.8 Å². The fraction of sp³-hybridized carbons (Fsp3) is 0.0500. The smallest absolute Gasteiger partial charge is 0.308 e. The van der Waals surface area contributed by atoms with E-state index in [1.54, 1.807) is 22.7 Å². The second kappa shape index (κ2) is 11.2. The Bertz CT molecular complexity index is 2330. The molecule has 0 atom stereocenters. The van der Waals surface area contributed by atoms with Crippen LogP contribution in [-0.4, -0.2) is 11.9 Å². The molecule has 0 aliphatic heterocycles. The van der Waals surface area contributed by atoms with Crippen LogP contribution in [0.2, 0.25) is 0 Å². The maximum absolute atomic E-state index is 12.4. The Hall–Kier alpha value is -5.30. The van der Waals surface area contributed by atoms with E-state index in [1.807, 2.05) is 60.7 Å². The lowest BCUT2D eigenvalue weighted by Gasteiger charge is -2.16. The lowest BCUT2D eigenvalue weighted by molar-refractivity contribution is -0.132. The van der Waals surface area contributed by atoms with Crippen LogP contribution in [0.1, 0.15) is 13.8 Å². The molecule has 0 spiro atoms. The van der Waals surface area contributed by atoms with Crippen LogP contribution in [0.25, 0.3) is 75.1 Å². The molecule has 4 nitrogen and oxygen atoms in total. The Kier molecular flexibility index (Phi) is 6.89. The molecule has 8 rings (SSSR count). The van der Waals surface area contributed by atoms with Gasteiger partial charge in [-0.15, -0.1) is 22.7 Å². The molecule has 0 saturated heterocycles. The van der Waals surface area contributed by atoms with E-state index in [9.17, 15) is 9.59 Å². The largest absolute Gasteiger partial charge is 0.425 e. The summed E-state index contributed by atoms with van der Waals surface area (Å²) in [7, 11) is 0. The highest BCUT2D eigenvalue weighted by atomic mass is 32.1. The lowest BCUT2D eigenvalue weighted by Crippen LogP contribution is -2.04. The predicted molar refractivity (Wildman–Crippen MR) is 191 cm³/mol. The first-order valence-corrected chi connectivity index (χ1v) is 16.7. The molecule has 0 radical (unpaired) electrons. The molecule has 2 aromatic heterocycles. The second-order valence-corrected chi connectivity index (χ2v) is 13.0. The van der Waals surface area contributed by atoms with Crippen molar-refractivity contribution in [2.24, 2.45) is 0 Å². The number of fused-ring (bicyclic) bond motifs is 6. The third-order valence-electron chi connectivity index (χ3n) is 8.28. The topological polar surface area (TPSA) is 52.6 Å². The first-order valence-electron chi connectivity index (χ1n) is 14.9. The average molecular weight is 635 g/mol. The van der Waals surface area contributed by atoms with Gasteiger partial charge in [0.25, 0.3) is 0 Å². The van der Waals surface area contributed by atoms with Crippen molar-refractivity contribution < 1.29 is 19.1 Å². The van der Waals surface area contributed by atoms with Crippen molar-refractivity contribution in [1.82, 2.24) is 0 Å². The van der Waals surface area contributed by atoms with E-state index < -0.39 is 0 Å². The summed E-state index contributed by atoms with van der Waals surface area (Å²) in [6.45, 7) is 2.89. The molecule has 0 amide bonds. The molecule has 0 unspecified atom stereocenters. The maximum atomic E-state index is 12.4. The van der Waals surface area contributed by atoms with Crippen molar-refractivity contribution in [3.63, 3.8) is 0 Å². The summed E-state index contributed by atoms with van der Waals surface area (Å²) >= 11 is 3.31. The van der Waals surface area contributed by atoms with E-state index >= 15 is 0 Å². The minimum Gasteiger partial charge on any atom is -0.425 e. The zero-order valence-corrected chi connectivity index (χ0v) is 26.6. The number of rotatable bonds is 5. The Labute approximate surface area is 273 Å². The third-order valence-corrected chi connectivity index (χ3v) is 10.3. The Morgan fingerprint density at radius 3 is 1.11 bits per heavy atom. The summed E-state index contributed by atoms with van der Waals surface area (Å²) in [4.78, 5) is 26.9. The van der Waals surface area contributed by atoms with Gasteiger partial charge in [0.1, 0.15) is 11.5 Å². The summed E-state index contributed by atoms with van der Waals surface area (Å²) in [5.41, 5.74) is 3.79. The lowest BCUT2D eigenvalue weighted by atomic mass is 9.92. The van der Waals surface area contributed by atoms with Crippen LogP contribution in [0.5, 0.6) is 11.5 Å². The number of hydrogen-bond acceptors (Lipinski definition) is 6. The van der Waals surface area contributed by atoms with E-state index in [0.717, 1.165) is 75.1 Å². The molecule has 8 aromatic rings. The zero-order valence-electron chi connectivity index (χ0n) is 25.0. The van der Waals surface area contributed by atoms with Crippen molar-refractivity contribution >= 4 is 77.7 Å². The Morgan fingerprint density at radius 1 is 0.457 bits per heavy atom. The Balaban J connectivity index is 1.31. The first kappa shape index (κ1) is 28.2.